The number of amides is 1. The number of ether oxygens (including phenoxy) is 2. The Morgan fingerprint density at radius 2 is 1.88 bits per heavy atom. The number of benzene rings is 2. The van der Waals surface area contributed by atoms with Crippen LogP contribution in [0.2, 0.25) is 0 Å². The van der Waals surface area contributed by atoms with E-state index in [2.05, 4.69) is 26.2 Å². The molecule has 0 spiro atoms. The molecule has 6 nitrogen and oxygen atoms in total. The fourth-order valence-corrected chi connectivity index (χ4v) is 2.80. The number of carbonyl (C=O) groups excluding carboxylic acids is 1. The summed E-state index contributed by atoms with van der Waals surface area (Å²) >= 11 is 3.00. The third kappa shape index (κ3) is 3.28. The highest BCUT2D eigenvalue weighted by Crippen LogP contribution is 2.35. The standard InChI is InChI=1S/C18H14BrFN2O4/c1-25-16-6-10-13(3-4-21-14(10)8-17(16)26-2)22-18(24)9-5-15(23)11(19)7-12(9)20/h3-8,23H,1-2H3,(H,21,22,24). The van der Waals surface area contributed by atoms with Gasteiger partial charge in [-0.1, -0.05) is 0 Å². The number of hydrogen-bond acceptors (Lipinski definition) is 5. The first-order chi connectivity index (χ1) is 12.4. The van der Waals surface area contributed by atoms with Crippen LogP contribution in [0, 0.1) is 5.82 Å². The molecular weight excluding hydrogens is 407 g/mol. The van der Waals surface area contributed by atoms with Crippen molar-refractivity contribution in [3.05, 3.63) is 52.4 Å². The zero-order valence-corrected chi connectivity index (χ0v) is 15.4. The predicted octanol–water partition coefficient (Wildman–Crippen LogP) is 4.11. The number of pyridine rings is 1. The third-order valence-electron chi connectivity index (χ3n) is 3.78. The second kappa shape index (κ2) is 7.17. The number of halogens is 2. The molecule has 2 N–H and O–H groups in total. The molecule has 26 heavy (non-hydrogen) atoms. The minimum absolute atomic E-state index is 0.165. The molecule has 0 atom stereocenters. The van der Waals surface area contributed by atoms with E-state index < -0.39 is 11.7 Å². The van der Waals surface area contributed by atoms with Crippen molar-refractivity contribution in [1.82, 2.24) is 4.98 Å². The van der Waals surface area contributed by atoms with Crippen LogP contribution in [0.25, 0.3) is 10.9 Å². The molecule has 1 aromatic heterocycles. The number of carbonyl (C=O) groups is 1. The number of aromatic nitrogens is 1. The lowest BCUT2D eigenvalue weighted by molar-refractivity contribution is 0.102. The molecule has 1 heterocycles. The molecule has 0 aliphatic rings. The molecular formula is C18H14BrFN2O4. The maximum absolute atomic E-state index is 14.1. The van der Waals surface area contributed by atoms with Gasteiger partial charge in [0.05, 0.1) is 35.5 Å². The van der Waals surface area contributed by atoms with Crippen molar-refractivity contribution in [3.8, 4) is 17.2 Å². The van der Waals surface area contributed by atoms with Crippen LogP contribution in [0.3, 0.4) is 0 Å². The predicted molar refractivity (Wildman–Crippen MR) is 98.6 cm³/mol. The third-order valence-corrected chi connectivity index (χ3v) is 4.41. The van der Waals surface area contributed by atoms with Gasteiger partial charge in [-0.25, -0.2) is 4.39 Å². The van der Waals surface area contributed by atoms with Crippen molar-refractivity contribution in [2.24, 2.45) is 0 Å². The molecule has 0 saturated carbocycles. The number of phenols is 1. The van der Waals surface area contributed by atoms with Crippen molar-refractivity contribution in [2.45, 2.75) is 0 Å². The summed E-state index contributed by atoms with van der Waals surface area (Å²) < 4.78 is 24.7. The Bertz CT molecular complexity index is 1010. The van der Waals surface area contributed by atoms with Crippen LogP contribution in [-0.4, -0.2) is 30.2 Å². The Balaban J connectivity index is 2.03. The summed E-state index contributed by atoms with van der Waals surface area (Å²) in [5.41, 5.74) is 0.707. The summed E-state index contributed by atoms with van der Waals surface area (Å²) in [6, 6.07) is 7.02. The summed E-state index contributed by atoms with van der Waals surface area (Å²) in [4.78, 5) is 16.7. The van der Waals surface area contributed by atoms with E-state index in [-0.39, 0.29) is 15.8 Å². The van der Waals surface area contributed by atoms with Gasteiger partial charge in [0.25, 0.3) is 5.91 Å². The molecule has 3 aromatic rings. The Hall–Kier alpha value is -2.87. The summed E-state index contributed by atoms with van der Waals surface area (Å²) in [6.07, 6.45) is 1.51. The highest BCUT2D eigenvalue weighted by molar-refractivity contribution is 9.10. The van der Waals surface area contributed by atoms with Gasteiger partial charge in [0.1, 0.15) is 11.6 Å². The van der Waals surface area contributed by atoms with Crippen molar-refractivity contribution in [1.29, 1.82) is 0 Å². The van der Waals surface area contributed by atoms with E-state index in [0.29, 0.717) is 28.1 Å². The average molecular weight is 421 g/mol. The summed E-state index contributed by atoms with van der Waals surface area (Å²) in [6.45, 7) is 0. The highest BCUT2D eigenvalue weighted by Gasteiger charge is 2.17. The number of nitrogens with one attached hydrogen (secondary N) is 1. The molecule has 8 heteroatoms. The molecule has 1 amide bonds. The first-order valence-electron chi connectivity index (χ1n) is 7.44. The van der Waals surface area contributed by atoms with Crippen LogP contribution >= 0.6 is 15.9 Å². The lowest BCUT2D eigenvalue weighted by Gasteiger charge is -2.13. The van der Waals surface area contributed by atoms with E-state index in [1.54, 1.807) is 18.2 Å². The average Bonchev–Trinajstić information content (AvgIpc) is 2.63. The first-order valence-corrected chi connectivity index (χ1v) is 8.24. The van der Waals surface area contributed by atoms with Gasteiger partial charge in [-0.3, -0.25) is 9.78 Å². The number of methoxy groups -OCH3 is 2. The molecule has 0 aliphatic heterocycles. The van der Waals surface area contributed by atoms with E-state index in [1.165, 1.54) is 20.4 Å². The molecule has 0 fully saturated rings. The van der Waals surface area contributed by atoms with Gasteiger partial charge in [0.15, 0.2) is 11.5 Å². The lowest BCUT2D eigenvalue weighted by Crippen LogP contribution is -2.14. The monoisotopic (exact) mass is 420 g/mol. The highest BCUT2D eigenvalue weighted by atomic mass is 79.9. The van der Waals surface area contributed by atoms with Gasteiger partial charge < -0.3 is 19.9 Å². The van der Waals surface area contributed by atoms with Crippen molar-refractivity contribution in [2.75, 3.05) is 19.5 Å². The van der Waals surface area contributed by atoms with Crippen LogP contribution in [0.5, 0.6) is 17.2 Å². The number of anilines is 1. The molecule has 0 saturated heterocycles. The molecule has 134 valence electrons. The number of hydrogen-bond donors (Lipinski definition) is 2. The molecule has 2 aromatic carbocycles. The van der Waals surface area contributed by atoms with Crippen LogP contribution < -0.4 is 14.8 Å². The number of fused-ring (bicyclic) bond motifs is 1. The molecule has 0 aliphatic carbocycles. The van der Waals surface area contributed by atoms with Gasteiger partial charge in [0, 0.05) is 17.6 Å². The van der Waals surface area contributed by atoms with E-state index in [4.69, 9.17) is 9.47 Å². The fourth-order valence-electron chi connectivity index (χ4n) is 2.48. The SMILES string of the molecule is COc1cc2nccc(NC(=O)c3cc(O)c(Br)cc3F)c2cc1OC. The van der Waals surface area contributed by atoms with Crippen molar-refractivity contribution >= 4 is 38.4 Å². The molecule has 0 radical (unpaired) electrons. The minimum atomic E-state index is -0.759. The van der Waals surface area contributed by atoms with Gasteiger partial charge in [-0.05, 0) is 40.2 Å². The maximum atomic E-state index is 14.1. The van der Waals surface area contributed by atoms with Gasteiger partial charge in [-0.2, -0.15) is 0 Å². The number of aromatic hydroxyl groups is 1. The van der Waals surface area contributed by atoms with E-state index in [0.717, 1.165) is 12.1 Å². The largest absolute Gasteiger partial charge is 0.507 e. The van der Waals surface area contributed by atoms with E-state index >= 15 is 0 Å². The van der Waals surface area contributed by atoms with Crippen LogP contribution in [0.15, 0.2) is 41.0 Å². The smallest absolute Gasteiger partial charge is 0.258 e. The summed E-state index contributed by atoms with van der Waals surface area (Å²) in [5.74, 6) is -0.726. The Kier molecular flexibility index (Phi) is 4.94. The van der Waals surface area contributed by atoms with Crippen LogP contribution in [0.1, 0.15) is 10.4 Å². The van der Waals surface area contributed by atoms with E-state index in [9.17, 15) is 14.3 Å². The lowest BCUT2D eigenvalue weighted by atomic mass is 10.1. The minimum Gasteiger partial charge on any atom is -0.507 e. The van der Waals surface area contributed by atoms with Crippen molar-refractivity contribution < 1.29 is 23.8 Å². The zero-order chi connectivity index (χ0) is 18.8. The first kappa shape index (κ1) is 17.9. The quantitative estimate of drug-likeness (QED) is 0.663. The molecule has 0 bridgehead atoms. The Morgan fingerprint density at radius 1 is 1.19 bits per heavy atom. The summed E-state index contributed by atoms with van der Waals surface area (Å²) in [5, 5.41) is 12.9. The number of phenolic OH excluding ortho intramolecular Hbond substituents is 1. The Labute approximate surface area is 156 Å². The molecule has 3 rings (SSSR count). The van der Waals surface area contributed by atoms with Crippen LogP contribution in [-0.2, 0) is 0 Å². The maximum Gasteiger partial charge on any atom is 0.258 e. The normalized spacial score (nSPS) is 10.6. The number of nitrogens with zero attached hydrogens (tertiary/aromatic N) is 1. The fraction of sp³-hybridized carbons (Fsp3) is 0.111. The van der Waals surface area contributed by atoms with Gasteiger partial charge >= 0.3 is 0 Å². The van der Waals surface area contributed by atoms with Gasteiger partial charge in [0.2, 0.25) is 0 Å². The van der Waals surface area contributed by atoms with E-state index in [1.807, 2.05) is 0 Å². The van der Waals surface area contributed by atoms with Gasteiger partial charge in [-0.15, -0.1) is 0 Å². The topological polar surface area (TPSA) is 80.7 Å². The zero-order valence-electron chi connectivity index (χ0n) is 13.8. The number of rotatable bonds is 4. The second-order valence-corrected chi connectivity index (χ2v) is 6.17. The summed E-state index contributed by atoms with van der Waals surface area (Å²) in [7, 11) is 3.01. The second-order valence-electron chi connectivity index (χ2n) is 5.32. The van der Waals surface area contributed by atoms with Crippen molar-refractivity contribution in [3.63, 3.8) is 0 Å². The molecule has 0 unspecified atom stereocenters. The Morgan fingerprint density at radius 3 is 2.58 bits per heavy atom. The van der Waals surface area contributed by atoms with Crippen LogP contribution in [0.4, 0.5) is 10.1 Å².